The molecule has 0 radical (unpaired) electrons. The average molecular weight is 691 g/mol. The first kappa shape index (κ1) is 40.3. The van der Waals surface area contributed by atoms with E-state index in [2.05, 4.69) is 4.84 Å². The van der Waals surface area contributed by atoms with E-state index in [0.717, 1.165) is 0 Å². The van der Waals surface area contributed by atoms with Crippen LogP contribution < -0.4 is 29.6 Å². The fourth-order valence-corrected chi connectivity index (χ4v) is 3.35. The van der Waals surface area contributed by atoms with Crippen molar-refractivity contribution in [3.63, 3.8) is 0 Å². The molecule has 8 nitrogen and oxygen atoms in total. The molecule has 0 aromatic heterocycles. The van der Waals surface area contributed by atoms with E-state index in [4.69, 9.17) is 0 Å². The molecule has 1 heterocycles. The predicted molar refractivity (Wildman–Crippen MR) is 86.0 cm³/mol. The zero-order chi connectivity index (χ0) is 33.2. The van der Waals surface area contributed by atoms with Crippen LogP contribution >= 0.6 is 0 Å². The number of alkyl halides is 17. The van der Waals surface area contributed by atoms with E-state index in [0.29, 0.717) is 0 Å². The maximum Gasteiger partial charge on any atom is 1.00 e. The van der Waals surface area contributed by atoms with Crippen LogP contribution in [0.15, 0.2) is 0 Å². The molecule has 0 spiro atoms. The van der Waals surface area contributed by atoms with Gasteiger partial charge in [-0.15, -0.1) is 5.06 Å². The molecular formula is C15H7F17NNaO7S. The SMILES string of the molecule is O=C(CCC(F)(F)C(F)(F)C(F)(F)C(F)(F)C(F)(F)C(F)(F)C(F)(F)C(F)(F)F)ON1C(=O)CC(S(=O)(=O)[O-])C1=O.[Na+]. The van der Waals surface area contributed by atoms with Crippen molar-refractivity contribution >= 4 is 27.9 Å². The number of amides is 2. The molecule has 1 rings (SSSR count). The number of hydrogen-bond donors (Lipinski definition) is 0. The van der Waals surface area contributed by atoms with Crippen LogP contribution in [0.5, 0.6) is 0 Å². The first-order valence-corrected chi connectivity index (χ1v) is 10.9. The Hall–Kier alpha value is -1.67. The molecule has 1 unspecified atom stereocenters. The van der Waals surface area contributed by atoms with Gasteiger partial charge in [-0.3, -0.25) is 9.59 Å². The van der Waals surface area contributed by atoms with Gasteiger partial charge in [-0.2, -0.15) is 74.6 Å². The van der Waals surface area contributed by atoms with E-state index >= 15 is 0 Å². The Morgan fingerprint density at radius 2 is 1.10 bits per heavy atom. The summed E-state index contributed by atoms with van der Waals surface area (Å²) in [4.78, 5) is 38.1. The second kappa shape index (κ2) is 11.4. The minimum absolute atomic E-state index is 0. The number of carbonyl (C=O) groups is 3. The van der Waals surface area contributed by atoms with Crippen molar-refractivity contribution in [3.8, 4) is 0 Å². The number of rotatable bonds is 11. The zero-order valence-electron chi connectivity index (χ0n) is 19.3. The van der Waals surface area contributed by atoms with Crippen LogP contribution in [0.4, 0.5) is 74.6 Å². The maximum absolute atomic E-state index is 13.8. The summed E-state index contributed by atoms with van der Waals surface area (Å²) in [5, 5.41) is -3.68. The smallest absolute Gasteiger partial charge is 0.747 e. The van der Waals surface area contributed by atoms with Crippen molar-refractivity contribution in [2.24, 2.45) is 0 Å². The van der Waals surface area contributed by atoms with Crippen LogP contribution in [-0.2, 0) is 29.3 Å². The minimum atomic E-state index is -8.84. The summed E-state index contributed by atoms with van der Waals surface area (Å²) in [6, 6.07) is 0. The summed E-state index contributed by atoms with van der Waals surface area (Å²) >= 11 is 0. The van der Waals surface area contributed by atoms with Crippen LogP contribution in [-0.4, -0.2) is 88.7 Å². The molecule has 2 amide bonds. The van der Waals surface area contributed by atoms with Crippen LogP contribution in [0.3, 0.4) is 0 Å². The van der Waals surface area contributed by atoms with Crippen molar-refractivity contribution in [1.29, 1.82) is 0 Å². The van der Waals surface area contributed by atoms with Crippen LogP contribution in [0.1, 0.15) is 19.3 Å². The van der Waals surface area contributed by atoms with Crippen molar-refractivity contribution in [2.75, 3.05) is 0 Å². The third-order valence-corrected chi connectivity index (χ3v) is 6.10. The Morgan fingerprint density at radius 3 is 1.43 bits per heavy atom. The summed E-state index contributed by atoms with van der Waals surface area (Å²) in [5.74, 6) is -64.9. The maximum atomic E-state index is 13.8. The largest absolute Gasteiger partial charge is 1.00 e. The van der Waals surface area contributed by atoms with Gasteiger partial charge in [-0.05, 0) is 0 Å². The normalized spacial score (nSPS) is 18.7. The molecule has 240 valence electrons. The molecule has 1 saturated heterocycles. The summed E-state index contributed by atoms with van der Waals surface area (Å²) in [5.41, 5.74) is 0. The molecule has 1 aliphatic rings. The van der Waals surface area contributed by atoms with E-state index in [1.807, 2.05) is 0 Å². The van der Waals surface area contributed by atoms with Gasteiger partial charge in [0.05, 0.1) is 12.8 Å². The second-order valence-corrected chi connectivity index (χ2v) is 9.38. The van der Waals surface area contributed by atoms with Gasteiger partial charge in [0.1, 0.15) is 15.4 Å². The number of imide groups is 1. The van der Waals surface area contributed by atoms with E-state index in [9.17, 15) is 102 Å². The Morgan fingerprint density at radius 1 is 0.738 bits per heavy atom. The van der Waals surface area contributed by atoms with Gasteiger partial charge in [0.2, 0.25) is 0 Å². The van der Waals surface area contributed by atoms with E-state index in [-0.39, 0.29) is 29.6 Å². The van der Waals surface area contributed by atoms with Crippen LogP contribution in [0.25, 0.3) is 0 Å². The van der Waals surface area contributed by atoms with E-state index in [1.54, 1.807) is 0 Å². The zero-order valence-corrected chi connectivity index (χ0v) is 22.2. The van der Waals surface area contributed by atoms with Crippen molar-refractivity contribution in [1.82, 2.24) is 5.06 Å². The number of nitrogens with zero attached hydrogens (tertiary/aromatic N) is 1. The molecule has 0 aliphatic carbocycles. The topological polar surface area (TPSA) is 121 Å². The average Bonchev–Trinajstić information content (AvgIpc) is 3.04. The molecule has 1 fully saturated rings. The second-order valence-electron chi connectivity index (χ2n) is 7.82. The number of halogens is 17. The predicted octanol–water partition coefficient (Wildman–Crippen LogP) is 0.911. The van der Waals surface area contributed by atoms with E-state index in [1.165, 1.54) is 0 Å². The molecule has 42 heavy (non-hydrogen) atoms. The molecule has 0 saturated carbocycles. The van der Waals surface area contributed by atoms with Gasteiger partial charge in [0.15, 0.2) is 0 Å². The molecule has 0 aromatic carbocycles. The van der Waals surface area contributed by atoms with E-state index < -0.39 is 105 Å². The Labute approximate surface area is 241 Å². The van der Waals surface area contributed by atoms with Gasteiger partial charge in [0.25, 0.3) is 11.8 Å². The molecule has 0 N–H and O–H groups in total. The Balaban J connectivity index is 0.0000168. The summed E-state index contributed by atoms with van der Waals surface area (Å²) < 4.78 is 257. The third-order valence-electron chi connectivity index (χ3n) is 5.03. The van der Waals surface area contributed by atoms with Gasteiger partial charge >= 0.3 is 83.2 Å². The third kappa shape index (κ3) is 6.13. The molecule has 0 aromatic rings. The number of hydrogen-bond acceptors (Lipinski definition) is 7. The first-order chi connectivity index (χ1) is 17.7. The van der Waals surface area contributed by atoms with Crippen LogP contribution in [0.2, 0.25) is 0 Å². The Bertz CT molecular complexity index is 1190. The molecule has 27 heteroatoms. The molecule has 0 bridgehead atoms. The number of hydroxylamine groups is 2. The van der Waals surface area contributed by atoms with Crippen LogP contribution in [0, 0.1) is 0 Å². The standard InChI is InChI=1S/C15H8F17NO7S.Na/c16-8(17,2-1-6(35)40-33-5(34)3-4(7(33)36)41(37,38)39)9(18,19)10(20,21)11(22,23)12(24,25)13(26,27)14(28,29)15(30,31)32;/h4H,1-3H2,(H,37,38,39);/q;+1/p-1. The molecule has 1 atom stereocenters. The minimum Gasteiger partial charge on any atom is -0.747 e. The van der Waals surface area contributed by atoms with Crippen molar-refractivity contribution in [2.45, 2.75) is 72.1 Å². The fraction of sp³-hybridized carbons (Fsp3) is 0.800. The van der Waals surface area contributed by atoms with Gasteiger partial charge in [0, 0.05) is 6.42 Å². The summed E-state index contributed by atoms with van der Waals surface area (Å²) in [7, 11) is -5.63. The van der Waals surface area contributed by atoms with Crippen molar-refractivity contribution < 1.29 is 136 Å². The number of carbonyl (C=O) groups excluding carboxylic acids is 3. The monoisotopic (exact) mass is 691 g/mol. The quantitative estimate of drug-likeness (QED) is 0.137. The molecule has 1 aliphatic heterocycles. The van der Waals surface area contributed by atoms with Crippen molar-refractivity contribution in [3.05, 3.63) is 0 Å². The Kier molecular flexibility index (Phi) is 10.9. The first-order valence-electron chi connectivity index (χ1n) is 9.40. The van der Waals surface area contributed by atoms with Gasteiger partial charge < -0.3 is 9.39 Å². The van der Waals surface area contributed by atoms with Gasteiger partial charge in [-0.25, -0.2) is 13.2 Å². The molecular weight excluding hydrogens is 684 g/mol. The summed E-state index contributed by atoms with van der Waals surface area (Å²) in [6.07, 6.45) is -15.2. The fourth-order valence-electron chi connectivity index (χ4n) is 2.66. The summed E-state index contributed by atoms with van der Waals surface area (Å²) in [6.45, 7) is 0. The van der Waals surface area contributed by atoms with Gasteiger partial charge in [-0.1, -0.05) is 0 Å².